The van der Waals surface area contributed by atoms with Gasteiger partial charge in [0, 0.05) is 30.2 Å². The molecule has 1 aliphatic carbocycles. The molecule has 2 fully saturated rings. The minimum absolute atomic E-state index is 0.0897. The summed E-state index contributed by atoms with van der Waals surface area (Å²) in [4.78, 5) is 2.47. The van der Waals surface area contributed by atoms with Crippen LogP contribution >= 0.6 is 11.6 Å². The number of fused-ring (bicyclic) bond motifs is 1. The predicted molar refractivity (Wildman–Crippen MR) is 99.7 cm³/mol. The van der Waals surface area contributed by atoms with Crippen LogP contribution in [0.4, 0.5) is 0 Å². The van der Waals surface area contributed by atoms with Crippen LogP contribution in [0, 0.1) is 11.8 Å². The number of likely N-dealkylation sites (tertiary alicyclic amines) is 1. The molecule has 1 heterocycles. The molecule has 132 valence electrons. The highest BCUT2D eigenvalue weighted by Crippen LogP contribution is 2.39. The SMILES string of the molecule is OC1C[C@@H]2CN(Cc3cc(Cl)ccc3OCc3ccccc3)C[C@@H]2C1. The van der Waals surface area contributed by atoms with Crippen LogP contribution in [0.25, 0.3) is 0 Å². The first-order valence-corrected chi connectivity index (χ1v) is 9.41. The van der Waals surface area contributed by atoms with Gasteiger partial charge >= 0.3 is 0 Å². The number of benzene rings is 2. The van der Waals surface area contributed by atoms with Crippen LogP contribution in [0.2, 0.25) is 5.02 Å². The number of nitrogens with zero attached hydrogens (tertiary/aromatic N) is 1. The molecule has 3 nitrogen and oxygen atoms in total. The van der Waals surface area contributed by atoms with E-state index in [2.05, 4.69) is 17.0 Å². The molecule has 0 spiro atoms. The molecule has 4 rings (SSSR count). The molecule has 4 heteroatoms. The topological polar surface area (TPSA) is 32.7 Å². The van der Waals surface area contributed by atoms with Gasteiger partial charge in [0.25, 0.3) is 0 Å². The molecule has 1 saturated carbocycles. The van der Waals surface area contributed by atoms with E-state index >= 15 is 0 Å². The molecule has 3 atom stereocenters. The number of halogens is 1. The lowest BCUT2D eigenvalue weighted by Crippen LogP contribution is -2.23. The highest BCUT2D eigenvalue weighted by molar-refractivity contribution is 6.30. The van der Waals surface area contributed by atoms with Gasteiger partial charge in [0.05, 0.1) is 6.10 Å². The second-order valence-electron chi connectivity index (χ2n) is 7.37. The zero-order chi connectivity index (χ0) is 17.2. The highest BCUT2D eigenvalue weighted by atomic mass is 35.5. The third-order valence-corrected chi connectivity index (χ3v) is 5.69. The Morgan fingerprint density at radius 2 is 1.76 bits per heavy atom. The molecule has 0 bridgehead atoms. The number of aliphatic hydroxyl groups excluding tert-OH is 1. The van der Waals surface area contributed by atoms with Crippen molar-refractivity contribution in [3.63, 3.8) is 0 Å². The summed E-state index contributed by atoms with van der Waals surface area (Å²) < 4.78 is 6.07. The largest absolute Gasteiger partial charge is 0.489 e. The van der Waals surface area contributed by atoms with Crippen LogP contribution in [0.3, 0.4) is 0 Å². The summed E-state index contributed by atoms with van der Waals surface area (Å²) in [5.41, 5.74) is 2.30. The minimum atomic E-state index is -0.0897. The molecule has 2 aromatic rings. The predicted octanol–water partition coefficient (Wildman–Crippen LogP) is 4.12. The molecule has 0 radical (unpaired) electrons. The Balaban J connectivity index is 1.43. The molecule has 2 aromatic carbocycles. The Kier molecular flexibility index (Phi) is 4.98. The fraction of sp³-hybridized carbons (Fsp3) is 0.429. The van der Waals surface area contributed by atoms with E-state index in [1.807, 2.05) is 36.4 Å². The highest BCUT2D eigenvalue weighted by Gasteiger charge is 2.40. The Morgan fingerprint density at radius 1 is 1.04 bits per heavy atom. The summed E-state index contributed by atoms with van der Waals surface area (Å²) in [5.74, 6) is 2.19. The van der Waals surface area contributed by atoms with Crippen molar-refractivity contribution in [1.29, 1.82) is 0 Å². The van der Waals surface area contributed by atoms with Crippen molar-refractivity contribution in [2.45, 2.75) is 32.1 Å². The van der Waals surface area contributed by atoms with Crippen molar-refractivity contribution in [1.82, 2.24) is 4.90 Å². The molecule has 0 amide bonds. The fourth-order valence-corrected chi connectivity index (χ4v) is 4.48. The Labute approximate surface area is 154 Å². The monoisotopic (exact) mass is 357 g/mol. The van der Waals surface area contributed by atoms with Gasteiger partial charge in [0.15, 0.2) is 0 Å². The number of aliphatic hydroxyl groups is 1. The fourth-order valence-electron chi connectivity index (χ4n) is 4.28. The molecule has 1 unspecified atom stereocenters. The van der Waals surface area contributed by atoms with E-state index in [1.54, 1.807) is 0 Å². The van der Waals surface area contributed by atoms with Gasteiger partial charge in [0.2, 0.25) is 0 Å². The zero-order valence-electron chi connectivity index (χ0n) is 14.3. The summed E-state index contributed by atoms with van der Waals surface area (Å²) in [6.45, 7) is 3.54. The first-order valence-electron chi connectivity index (χ1n) is 9.03. The van der Waals surface area contributed by atoms with E-state index in [1.165, 1.54) is 0 Å². The maximum Gasteiger partial charge on any atom is 0.124 e. The van der Waals surface area contributed by atoms with Crippen LogP contribution in [0.1, 0.15) is 24.0 Å². The molecule has 1 N–H and O–H groups in total. The Bertz CT molecular complexity index is 707. The van der Waals surface area contributed by atoms with E-state index in [9.17, 15) is 5.11 Å². The van der Waals surface area contributed by atoms with E-state index in [0.717, 1.165) is 54.4 Å². The average Bonchev–Trinajstić information content (AvgIpc) is 3.11. The van der Waals surface area contributed by atoms with Crippen molar-refractivity contribution >= 4 is 11.6 Å². The Hall–Kier alpha value is -1.55. The standard InChI is InChI=1S/C21H24ClNO2/c22-19-6-7-21(25-14-15-4-2-1-3-5-15)18(8-19)13-23-11-16-9-20(24)10-17(16)12-23/h1-8,16-17,20,24H,9-14H2/t16-,17+,20?. The molecule has 2 aliphatic rings. The molecule has 1 saturated heterocycles. The second-order valence-corrected chi connectivity index (χ2v) is 7.80. The molecular weight excluding hydrogens is 334 g/mol. The average molecular weight is 358 g/mol. The van der Waals surface area contributed by atoms with Crippen LogP contribution < -0.4 is 4.74 Å². The molecule has 0 aromatic heterocycles. The van der Waals surface area contributed by atoms with Crippen molar-refractivity contribution < 1.29 is 9.84 Å². The maximum atomic E-state index is 9.81. The Morgan fingerprint density at radius 3 is 2.48 bits per heavy atom. The third kappa shape index (κ3) is 4.00. The van der Waals surface area contributed by atoms with Gasteiger partial charge in [-0.15, -0.1) is 0 Å². The second kappa shape index (κ2) is 7.36. The van der Waals surface area contributed by atoms with Crippen molar-refractivity contribution in [2.24, 2.45) is 11.8 Å². The quantitative estimate of drug-likeness (QED) is 0.873. The normalized spacial score (nSPS) is 25.9. The van der Waals surface area contributed by atoms with Crippen molar-refractivity contribution in [3.8, 4) is 5.75 Å². The van der Waals surface area contributed by atoms with E-state index in [-0.39, 0.29) is 6.10 Å². The molecule has 25 heavy (non-hydrogen) atoms. The van der Waals surface area contributed by atoms with Crippen LogP contribution in [0.5, 0.6) is 5.75 Å². The van der Waals surface area contributed by atoms with E-state index in [4.69, 9.17) is 16.3 Å². The van der Waals surface area contributed by atoms with Gasteiger partial charge < -0.3 is 9.84 Å². The first-order chi connectivity index (χ1) is 12.2. The van der Waals surface area contributed by atoms with Gasteiger partial charge in [-0.3, -0.25) is 4.90 Å². The van der Waals surface area contributed by atoms with Crippen LogP contribution in [0.15, 0.2) is 48.5 Å². The van der Waals surface area contributed by atoms with Crippen molar-refractivity contribution in [3.05, 3.63) is 64.7 Å². The number of hydrogen-bond acceptors (Lipinski definition) is 3. The summed E-state index contributed by atoms with van der Waals surface area (Å²) in [5, 5.41) is 10.6. The summed E-state index contributed by atoms with van der Waals surface area (Å²) >= 11 is 6.23. The lowest BCUT2D eigenvalue weighted by atomic mass is 10.0. The number of ether oxygens (including phenoxy) is 1. The van der Waals surface area contributed by atoms with Gasteiger partial charge in [-0.2, -0.15) is 0 Å². The first kappa shape index (κ1) is 16.9. The smallest absolute Gasteiger partial charge is 0.124 e. The summed E-state index contributed by atoms with van der Waals surface area (Å²) in [6, 6.07) is 16.1. The summed E-state index contributed by atoms with van der Waals surface area (Å²) in [7, 11) is 0. The summed E-state index contributed by atoms with van der Waals surface area (Å²) in [6.07, 6.45) is 1.82. The van der Waals surface area contributed by atoms with Crippen LogP contribution in [-0.2, 0) is 13.2 Å². The lowest BCUT2D eigenvalue weighted by molar-refractivity contribution is 0.160. The van der Waals surface area contributed by atoms with E-state index in [0.29, 0.717) is 18.4 Å². The lowest BCUT2D eigenvalue weighted by Gasteiger charge is -2.20. The zero-order valence-corrected chi connectivity index (χ0v) is 15.0. The number of rotatable bonds is 5. The molecule has 1 aliphatic heterocycles. The third-order valence-electron chi connectivity index (χ3n) is 5.46. The number of hydrogen-bond donors (Lipinski definition) is 1. The van der Waals surface area contributed by atoms with Gasteiger partial charge in [-0.25, -0.2) is 0 Å². The van der Waals surface area contributed by atoms with Crippen LogP contribution in [-0.4, -0.2) is 29.2 Å². The van der Waals surface area contributed by atoms with Gasteiger partial charge in [-0.1, -0.05) is 41.9 Å². The van der Waals surface area contributed by atoms with Gasteiger partial charge in [0.1, 0.15) is 12.4 Å². The van der Waals surface area contributed by atoms with Crippen molar-refractivity contribution in [2.75, 3.05) is 13.1 Å². The van der Waals surface area contributed by atoms with Gasteiger partial charge in [-0.05, 0) is 48.4 Å². The molecular formula is C21H24ClNO2. The van der Waals surface area contributed by atoms with E-state index < -0.39 is 0 Å². The maximum absolute atomic E-state index is 9.81. The minimum Gasteiger partial charge on any atom is -0.489 e.